The summed E-state index contributed by atoms with van der Waals surface area (Å²) < 4.78 is 3.74. The lowest BCUT2D eigenvalue weighted by atomic mass is 10.2. The minimum atomic E-state index is -0.0728. The van der Waals surface area contributed by atoms with Crippen molar-refractivity contribution < 1.29 is 4.79 Å². The summed E-state index contributed by atoms with van der Waals surface area (Å²) in [5.41, 5.74) is 3.63. The minimum Gasteiger partial charge on any atom is -0.352 e. The Kier molecular flexibility index (Phi) is 5.16. The fourth-order valence-corrected chi connectivity index (χ4v) is 2.95. The van der Waals surface area contributed by atoms with E-state index in [-0.39, 0.29) is 5.91 Å². The van der Waals surface area contributed by atoms with E-state index in [0.29, 0.717) is 12.1 Å². The molecule has 7 heteroatoms. The van der Waals surface area contributed by atoms with Gasteiger partial charge in [0.05, 0.1) is 11.4 Å². The van der Waals surface area contributed by atoms with Gasteiger partial charge in [0.2, 0.25) is 0 Å². The second kappa shape index (κ2) is 7.51. The van der Waals surface area contributed by atoms with Crippen molar-refractivity contribution in [2.24, 2.45) is 0 Å². The van der Waals surface area contributed by atoms with Gasteiger partial charge in [-0.2, -0.15) is 10.2 Å². The molecule has 0 atom stereocenters. The molecule has 0 aliphatic heterocycles. The summed E-state index contributed by atoms with van der Waals surface area (Å²) in [6.45, 7) is 9.12. The normalized spacial score (nSPS) is 10.9. The molecule has 1 amide bonds. The van der Waals surface area contributed by atoms with Crippen LogP contribution in [0.1, 0.15) is 39.8 Å². The summed E-state index contributed by atoms with van der Waals surface area (Å²) in [4.78, 5) is 16.5. The second-order valence-electron chi connectivity index (χ2n) is 6.42. The summed E-state index contributed by atoms with van der Waals surface area (Å²) >= 11 is 0. The van der Waals surface area contributed by atoms with Gasteiger partial charge < -0.3 is 5.32 Å². The van der Waals surface area contributed by atoms with E-state index >= 15 is 0 Å². The highest BCUT2D eigenvalue weighted by Gasteiger charge is 2.08. The Balaban J connectivity index is 1.53. The highest BCUT2D eigenvalue weighted by atomic mass is 16.1. The average molecular weight is 352 g/mol. The van der Waals surface area contributed by atoms with Crippen molar-refractivity contribution in [3.63, 3.8) is 0 Å². The van der Waals surface area contributed by atoms with Gasteiger partial charge in [-0.15, -0.1) is 0 Å². The van der Waals surface area contributed by atoms with Gasteiger partial charge in [0.1, 0.15) is 11.6 Å². The van der Waals surface area contributed by atoms with Crippen LogP contribution in [0.4, 0.5) is 0 Å². The van der Waals surface area contributed by atoms with E-state index in [2.05, 4.69) is 20.5 Å². The predicted octanol–water partition coefficient (Wildman–Crippen LogP) is 2.52. The van der Waals surface area contributed by atoms with E-state index in [4.69, 9.17) is 0 Å². The maximum absolute atomic E-state index is 12.3. The molecule has 0 fully saturated rings. The fraction of sp³-hybridized carbons (Fsp3) is 0.368. The third-order valence-electron chi connectivity index (χ3n) is 4.18. The minimum absolute atomic E-state index is 0.0728. The molecule has 26 heavy (non-hydrogen) atoms. The van der Waals surface area contributed by atoms with Crippen LogP contribution < -0.4 is 5.32 Å². The largest absolute Gasteiger partial charge is 0.352 e. The molecule has 0 aliphatic rings. The average Bonchev–Trinajstić information content (AvgIpc) is 3.11. The van der Waals surface area contributed by atoms with Gasteiger partial charge >= 0.3 is 0 Å². The molecule has 0 saturated carbocycles. The molecule has 3 rings (SSSR count). The predicted molar refractivity (Wildman–Crippen MR) is 99.5 cm³/mol. The SMILES string of the molecule is Cc1cc(C)n(-c2ccc(C(=O)NCCCn3nc(C)nc3C)cc2)n1. The van der Waals surface area contributed by atoms with Crippen LogP contribution in [0.2, 0.25) is 0 Å². The molecule has 0 spiro atoms. The first-order valence-corrected chi connectivity index (χ1v) is 8.74. The molecule has 136 valence electrons. The zero-order chi connectivity index (χ0) is 18.7. The number of amides is 1. The van der Waals surface area contributed by atoms with Gasteiger partial charge in [0.25, 0.3) is 5.91 Å². The van der Waals surface area contributed by atoms with E-state index in [0.717, 1.165) is 41.7 Å². The van der Waals surface area contributed by atoms with Gasteiger partial charge in [0.15, 0.2) is 0 Å². The van der Waals surface area contributed by atoms with Crippen LogP contribution in [0, 0.1) is 27.7 Å². The van der Waals surface area contributed by atoms with Crippen LogP contribution in [0.25, 0.3) is 5.69 Å². The van der Waals surface area contributed by atoms with Crippen molar-refractivity contribution in [2.45, 2.75) is 40.7 Å². The zero-order valence-corrected chi connectivity index (χ0v) is 15.7. The van der Waals surface area contributed by atoms with Crippen molar-refractivity contribution >= 4 is 5.91 Å². The Bertz CT molecular complexity index is 907. The topological polar surface area (TPSA) is 77.6 Å². The first-order chi connectivity index (χ1) is 12.4. The summed E-state index contributed by atoms with van der Waals surface area (Å²) in [5, 5.41) is 11.7. The standard InChI is InChI=1S/C19H24N6O/c1-13-12-14(2)25(22-13)18-8-6-17(7-9-18)19(26)20-10-5-11-24-16(4)21-15(3)23-24/h6-9,12H,5,10-11H2,1-4H3,(H,20,26). The number of rotatable bonds is 6. The van der Waals surface area contributed by atoms with E-state index in [9.17, 15) is 4.79 Å². The number of hydrogen-bond donors (Lipinski definition) is 1. The molecule has 0 saturated heterocycles. The fourth-order valence-electron chi connectivity index (χ4n) is 2.95. The number of aromatic nitrogens is 5. The number of carbonyl (C=O) groups is 1. The lowest BCUT2D eigenvalue weighted by Crippen LogP contribution is -2.25. The summed E-state index contributed by atoms with van der Waals surface area (Å²) in [5.74, 6) is 1.60. The van der Waals surface area contributed by atoms with E-state index in [1.54, 1.807) is 0 Å². The Hall–Kier alpha value is -2.96. The molecular weight excluding hydrogens is 328 g/mol. The first-order valence-electron chi connectivity index (χ1n) is 8.74. The summed E-state index contributed by atoms with van der Waals surface area (Å²) in [6.07, 6.45) is 0.805. The molecule has 0 aliphatic carbocycles. The van der Waals surface area contributed by atoms with E-state index < -0.39 is 0 Å². The number of nitrogens with one attached hydrogen (secondary N) is 1. The highest BCUT2D eigenvalue weighted by Crippen LogP contribution is 2.13. The Labute approximate surface area is 153 Å². The number of carbonyl (C=O) groups excluding carboxylic acids is 1. The third kappa shape index (κ3) is 3.99. The van der Waals surface area contributed by atoms with Crippen molar-refractivity contribution in [3.8, 4) is 5.69 Å². The van der Waals surface area contributed by atoms with Crippen molar-refractivity contribution in [1.82, 2.24) is 29.9 Å². The van der Waals surface area contributed by atoms with E-state index in [1.165, 1.54) is 0 Å². The molecule has 3 aromatic rings. The molecule has 7 nitrogen and oxygen atoms in total. The summed E-state index contributed by atoms with van der Waals surface area (Å²) in [6, 6.07) is 9.50. The third-order valence-corrected chi connectivity index (χ3v) is 4.18. The van der Waals surface area contributed by atoms with Crippen LogP contribution in [0.15, 0.2) is 30.3 Å². The lowest BCUT2D eigenvalue weighted by Gasteiger charge is -2.08. The number of nitrogens with zero attached hydrogens (tertiary/aromatic N) is 5. The molecule has 1 aromatic carbocycles. The van der Waals surface area contributed by atoms with Crippen LogP contribution in [-0.4, -0.2) is 37.0 Å². The van der Waals surface area contributed by atoms with Gasteiger partial charge in [-0.05, 0) is 64.4 Å². The van der Waals surface area contributed by atoms with Gasteiger partial charge in [0, 0.05) is 24.3 Å². The molecule has 1 N–H and O–H groups in total. The highest BCUT2D eigenvalue weighted by molar-refractivity contribution is 5.94. The van der Waals surface area contributed by atoms with Crippen LogP contribution in [0.5, 0.6) is 0 Å². The van der Waals surface area contributed by atoms with Gasteiger partial charge in [-0.1, -0.05) is 0 Å². The van der Waals surface area contributed by atoms with Crippen molar-refractivity contribution in [3.05, 3.63) is 58.9 Å². The van der Waals surface area contributed by atoms with E-state index in [1.807, 2.05) is 67.4 Å². The molecule has 2 heterocycles. The Morgan fingerprint density at radius 2 is 1.81 bits per heavy atom. The molecule has 0 radical (unpaired) electrons. The number of aryl methyl sites for hydroxylation is 5. The molecule has 0 bridgehead atoms. The lowest BCUT2D eigenvalue weighted by molar-refractivity contribution is 0.0952. The van der Waals surface area contributed by atoms with Crippen LogP contribution in [0.3, 0.4) is 0 Å². The maximum atomic E-state index is 12.3. The van der Waals surface area contributed by atoms with Crippen LogP contribution >= 0.6 is 0 Å². The quantitative estimate of drug-likeness (QED) is 0.692. The van der Waals surface area contributed by atoms with Gasteiger partial charge in [-0.25, -0.2) is 9.67 Å². The summed E-state index contributed by atoms with van der Waals surface area (Å²) in [7, 11) is 0. The Morgan fingerprint density at radius 3 is 2.38 bits per heavy atom. The first kappa shape index (κ1) is 17.8. The Morgan fingerprint density at radius 1 is 1.08 bits per heavy atom. The monoisotopic (exact) mass is 352 g/mol. The van der Waals surface area contributed by atoms with Crippen molar-refractivity contribution in [2.75, 3.05) is 6.54 Å². The smallest absolute Gasteiger partial charge is 0.251 e. The van der Waals surface area contributed by atoms with Crippen LogP contribution in [-0.2, 0) is 6.54 Å². The zero-order valence-electron chi connectivity index (χ0n) is 15.7. The molecular formula is C19H24N6O. The second-order valence-corrected chi connectivity index (χ2v) is 6.42. The molecule has 2 aromatic heterocycles. The number of hydrogen-bond acceptors (Lipinski definition) is 4. The maximum Gasteiger partial charge on any atom is 0.251 e. The number of benzene rings is 1. The van der Waals surface area contributed by atoms with Crippen molar-refractivity contribution in [1.29, 1.82) is 0 Å². The van der Waals surface area contributed by atoms with Gasteiger partial charge in [-0.3, -0.25) is 9.48 Å². The molecule has 0 unspecified atom stereocenters.